The van der Waals surface area contributed by atoms with Crippen molar-refractivity contribution in [3.63, 3.8) is 0 Å². The molecule has 0 spiro atoms. The van der Waals surface area contributed by atoms with Gasteiger partial charge >= 0.3 is 0 Å². The van der Waals surface area contributed by atoms with Gasteiger partial charge in [0, 0.05) is 6.54 Å². The van der Waals surface area contributed by atoms with Gasteiger partial charge in [-0.15, -0.1) is 0 Å². The van der Waals surface area contributed by atoms with Crippen molar-refractivity contribution in [2.24, 2.45) is 11.8 Å². The highest BCUT2D eigenvalue weighted by molar-refractivity contribution is 4.82. The fourth-order valence-corrected chi connectivity index (χ4v) is 2.96. The molecule has 1 heteroatoms. The second-order valence-corrected chi connectivity index (χ2v) is 4.49. The van der Waals surface area contributed by atoms with E-state index in [1.807, 2.05) is 13.8 Å². The van der Waals surface area contributed by atoms with Crippen LogP contribution < -0.4 is 0 Å². The van der Waals surface area contributed by atoms with Gasteiger partial charge in [0.25, 0.3) is 0 Å². The lowest BCUT2D eigenvalue weighted by Crippen LogP contribution is -2.41. The van der Waals surface area contributed by atoms with E-state index in [1.165, 1.54) is 51.7 Å². The predicted molar refractivity (Wildman–Crippen MR) is 63.5 cm³/mol. The van der Waals surface area contributed by atoms with Crippen molar-refractivity contribution in [1.29, 1.82) is 0 Å². The van der Waals surface area contributed by atoms with E-state index in [1.54, 1.807) is 0 Å². The van der Waals surface area contributed by atoms with E-state index < -0.39 is 0 Å². The molecule has 0 bridgehead atoms. The molecule has 0 radical (unpaired) electrons. The summed E-state index contributed by atoms with van der Waals surface area (Å²) in [5.41, 5.74) is 0. The summed E-state index contributed by atoms with van der Waals surface area (Å²) in [6.07, 6.45) is 7.54. The summed E-state index contributed by atoms with van der Waals surface area (Å²) in [7, 11) is 0. The van der Waals surface area contributed by atoms with Crippen molar-refractivity contribution in [2.75, 3.05) is 19.6 Å². The molecule has 1 nitrogen and oxygen atoms in total. The molecule has 2 aliphatic rings. The van der Waals surface area contributed by atoms with Gasteiger partial charge in [0.1, 0.15) is 0 Å². The summed E-state index contributed by atoms with van der Waals surface area (Å²) in [6.45, 7) is 10.3. The Hall–Kier alpha value is -0.0400. The first-order valence-electron chi connectivity index (χ1n) is 6.62. The smallest absolute Gasteiger partial charge is 0.00122 e. The molecule has 1 saturated carbocycles. The van der Waals surface area contributed by atoms with E-state index in [-0.39, 0.29) is 0 Å². The molecule has 0 amide bonds. The van der Waals surface area contributed by atoms with Crippen molar-refractivity contribution < 1.29 is 0 Å². The fraction of sp³-hybridized carbons (Fsp3) is 1.00. The maximum absolute atomic E-state index is 2.63. The number of piperidine rings is 1. The van der Waals surface area contributed by atoms with Crippen LogP contribution >= 0.6 is 0 Å². The Labute approximate surface area is 89.9 Å². The molecule has 1 aliphatic carbocycles. The lowest BCUT2D eigenvalue weighted by atomic mass is 9.75. The van der Waals surface area contributed by atoms with Crippen molar-refractivity contribution in [3.05, 3.63) is 0 Å². The summed E-state index contributed by atoms with van der Waals surface area (Å²) in [5, 5.41) is 0. The molecule has 2 unspecified atom stereocenters. The zero-order valence-corrected chi connectivity index (χ0v) is 10.3. The normalized spacial score (nSPS) is 32.8. The van der Waals surface area contributed by atoms with E-state index in [4.69, 9.17) is 0 Å². The summed E-state index contributed by atoms with van der Waals surface area (Å²) < 4.78 is 0. The zero-order valence-electron chi connectivity index (χ0n) is 10.3. The quantitative estimate of drug-likeness (QED) is 0.621. The molecular weight excluding hydrogens is 170 g/mol. The van der Waals surface area contributed by atoms with Crippen LogP contribution in [-0.4, -0.2) is 24.5 Å². The largest absolute Gasteiger partial charge is 0.303 e. The first-order chi connectivity index (χ1) is 6.90. The summed E-state index contributed by atoms with van der Waals surface area (Å²) >= 11 is 0. The summed E-state index contributed by atoms with van der Waals surface area (Å²) in [6, 6.07) is 0. The Kier molecular flexibility index (Phi) is 5.54. The molecule has 84 valence electrons. The number of rotatable bonds is 1. The van der Waals surface area contributed by atoms with Gasteiger partial charge in [-0.05, 0) is 37.8 Å². The van der Waals surface area contributed by atoms with Crippen LogP contribution in [0.1, 0.15) is 52.9 Å². The standard InChI is InChI=1S/C11H21N.C2H6/c1-2-12-8-7-10-5-3-4-6-11(10)9-12;1-2/h10-11H,2-9H2,1H3;1-2H3. The molecule has 2 fully saturated rings. The third-order valence-corrected chi connectivity index (χ3v) is 3.82. The van der Waals surface area contributed by atoms with E-state index in [9.17, 15) is 0 Å². The van der Waals surface area contributed by atoms with Crippen LogP contribution in [0.3, 0.4) is 0 Å². The Morgan fingerprint density at radius 1 is 1.00 bits per heavy atom. The average Bonchev–Trinajstić information content (AvgIpc) is 2.31. The molecule has 1 heterocycles. The average molecular weight is 197 g/mol. The summed E-state index contributed by atoms with van der Waals surface area (Å²) in [4.78, 5) is 2.63. The van der Waals surface area contributed by atoms with Gasteiger partial charge < -0.3 is 4.90 Å². The second kappa shape index (κ2) is 6.44. The molecule has 2 atom stereocenters. The minimum absolute atomic E-state index is 1.06. The Morgan fingerprint density at radius 3 is 2.29 bits per heavy atom. The summed E-state index contributed by atoms with van der Waals surface area (Å²) in [5.74, 6) is 2.16. The first kappa shape index (κ1) is 12.0. The van der Waals surface area contributed by atoms with Crippen LogP contribution in [0.2, 0.25) is 0 Å². The van der Waals surface area contributed by atoms with Gasteiger partial charge in [0.15, 0.2) is 0 Å². The Bertz CT molecular complexity index is 144. The van der Waals surface area contributed by atoms with Crippen LogP contribution in [-0.2, 0) is 0 Å². The molecule has 0 N–H and O–H groups in total. The highest BCUT2D eigenvalue weighted by atomic mass is 15.1. The number of hydrogen-bond donors (Lipinski definition) is 0. The van der Waals surface area contributed by atoms with E-state index in [2.05, 4.69) is 11.8 Å². The van der Waals surface area contributed by atoms with Gasteiger partial charge in [-0.3, -0.25) is 0 Å². The lowest BCUT2D eigenvalue weighted by molar-refractivity contribution is 0.0908. The zero-order chi connectivity index (χ0) is 10.4. The molecular formula is C13H27N. The monoisotopic (exact) mass is 197 g/mol. The molecule has 1 aliphatic heterocycles. The number of nitrogens with zero attached hydrogens (tertiary/aromatic N) is 1. The molecule has 0 aromatic heterocycles. The third kappa shape index (κ3) is 2.98. The van der Waals surface area contributed by atoms with Gasteiger partial charge in [-0.2, -0.15) is 0 Å². The minimum atomic E-state index is 1.06. The Balaban J connectivity index is 0.000000461. The Morgan fingerprint density at radius 2 is 1.64 bits per heavy atom. The van der Waals surface area contributed by atoms with E-state index in [0.29, 0.717) is 0 Å². The molecule has 0 aromatic rings. The van der Waals surface area contributed by atoms with Crippen LogP contribution in [0, 0.1) is 11.8 Å². The topological polar surface area (TPSA) is 3.24 Å². The van der Waals surface area contributed by atoms with Crippen molar-refractivity contribution in [2.45, 2.75) is 52.9 Å². The van der Waals surface area contributed by atoms with Crippen molar-refractivity contribution in [3.8, 4) is 0 Å². The molecule has 2 rings (SSSR count). The van der Waals surface area contributed by atoms with Crippen LogP contribution in [0.25, 0.3) is 0 Å². The first-order valence-corrected chi connectivity index (χ1v) is 6.62. The van der Waals surface area contributed by atoms with Crippen molar-refractivity contribution >= 4 is 0 Å². The van der Waals surface area contributed by atoms with Crippen LogP contribution in [0.4, 0.5) is 0 Å². The van der Waals surface area contributed by atoms with Gasteiger partial charge in [-0.1, -0.05) is 40.0 Å². The highest BCUT2D eigenvalue weighted by Gasteiger charge is 2.30. The van der Waals surface area contributed by atoms with Crippen LogP contribution in [0.15, 0.2) is 0 Å². The van der Waals surface area contributed by atoms with Crippen LogP contribution in [0.5, 0.6) is 0 Å². The number of likely N-dealkylation sites (tertiary alicyclic amines) is 1. The van der Waals surface area contributed by atoms with Gasteiger partial charge in [0.2, 0.25) is 0 Å². The van der Waals surface area contributed by atoms with E-state index in [0.717, 1.165) is 11.8 Å². The predicted octanol–water partition coefficient (Wildman–Crippen LogP) is 3.54. The molecule has 0 aromatic carbocycles. The van der Waals surface area contributed by atoms with Gasteiger partial charge in [0.05, 0.1) is 0 Å². The maximum Gasteiger partial charge on any atom is 0.00122 e. The van der Waals surface area contributed by atoms with E-state index >= 15 is 0 Å². The third-order valence-electron chi connectivity index (χ3n) is 3.82. The highest BCUT2D eigenvalue weighted by Crippen LogP contribution is 2.35. The maximum atomic E-state index is 2.63. The number of hydrogen-bond acceptors (Lipinski definition) is 1. The fourth-order valence-electron chi connectivity index (χ4n) is 2.96. The second-order valence-electron chi connectivity index (χ2n) is 4.49. The minimum Gasteiger partial charge on any atom is -0.303 e. The SMILES string of the molecule is CC.CCN1CCC2CCCCC2C1. The molecule has 1 saturated heterocycles. The molecule has 14 heavy (non-hydrogen) atoms. The number of fused-ring (bicyclic) bond motifs is 1. The lowest BCUT2D eigenvalue weighted by Gasteiger charge is -2.40. The van der Waals surface area contributed by atoms with Crippen molar-refractivity contribution in [1.82, 2.24) is 4.90 Å². The van der Waals surface area contributed by atoms with Gasteiger partial charge in [-0.25, -0.2) is 0 Å².